The second-order valence-corrected chi connectivity index (χ2v) is 6.21. The van der Waals surface area contributed by atoms with Crippen molar-refractivity contribution in [2.24, 2.45) is 0 Å². The van der Waals surface area contributed by atoms with Crippen LogP contribution in [0.15, 0.2) is 77.9 Å². The van der Waals surface area contributed by atoms with Gasteiger partial charge in [-0.1, -0.05) is 42.0 Å². The van der Waals surface area contributed by atoms with Gasteiger partial charge >= 0.3 is 0 Å². The van der Waals surface area contributed by atoms with Gasteiger partial charge in [-0.05, 0) is 73.4 Å². The van der Waals surface area contributed by atoms with Crippen LogP contribution in [0, 0.1) is 0 Å². The maximum absolute atomic E-state index is 5.28. The van der Waals surface area contributed by atoms with E-state index in [0.717, 1.165) is 33.8 Å². The Morgan fingerprint density at radius 3 is 1.44 bits per heavy atom. The molecule has 0 bridgehead atoms. The first kappa shape index (κ1) is 18.6. The van der Waals surface area contributed by atoms with Crippen molar-refractivity contribution < 1.29 is 9.47 Å². The van der Waals surface area contributed by atoms with Gasteiger partial charge in [0.1, 0.15) is 11.5 Å². The minimum absolute atomic E-state index is 0.847. The zero-order valence-corrected chi connectivity index (χ0v) is 15.7. The van der Waals surface area contributed by atoms with E-state index in [4.69, 9.17) is 9.47 Å². The van der Waals surface area contributed by atoms with E-state index >= 15 is 0 Å². The van der Waals surface area contributed by atoms with Crippen LogP contribution in [0.1, 0.15) is 31.9 Å². The number of ether oxygens (including phenoxy) is 2. The van der Waals surface area contributed by atoms with Crippen LogP contribution in [0.4, 0.5) is 0 Å². The molecular formula is C23H26O2. The predicted molar refractivity (Wildman–Crippen MR) is 106 cm³/mol. The highest BCUT2D eigenvalue weighted by Gasteiger charge is 2.09. The van der Waals surface area contributed by atoms with Crippen molar-refractivity contribution in [2.75, 3.05) is 14.2 Å². The van der Waals surface area contributed by atoms with Gasteiger partial charge in [0.15, 0.2) is 0 Å². The lowest BCUT2D eigenvalue weighted by Gasteiger charge is -2.13. The van der Waals surface area contributed by atoms with Crippen LogP contribution in [0.5, 0.6) is 11.5 Å². The van der Waals surface area contributed by atoms with Crippen LogP contribution in [0.25, 0.3) is 5.57 Å². The maximum Gasteiger partial charge on any atom is 0.118 e. The quantitative estimate of drug-likeness (QED) is 0.599. The third kappa shape index (κ3) is 4.63. The lowest BCUT2D eigenvalue weighted by atomic mass is 9.92. The Morgan fingerprint density at radius 2 is 1.16 bits per heavy atom. The molecule has 0 aromatic heterocycles. The van der Waals surface area contributed by atoms with Gasteiger partial charge in [0, 0.05) is 0 Å². The van der Waals surface area contributed by atoms with E-state index in [1.54, 1.807) is 14.2 Å². The average molecular weight is 334 g/mol. The SMILES string of the molecule is C=C(C)C(C=C(c1ccc(OC)cc1)c1ccc(OC)cc1)=C(C)C. The van der Waals surface area contributed by atoms with Gasteiger partial charge in [0.25, 0.3) is 0 Å². The summed E-state index contributed by atoms with van der Waals surface area (Å²) in [5, 5.41) is 0. The Balaban J connectivity index is 2.61. The number of allylic oxidation sites excluding steroid dienone is 4. The molecule has 0 atom stereocenters. The first-order chi connectivity index (χ1) is 12.0. The molecule has 0 aliphatic heterocycles. The van der Waals surface area contributed by atoms with E-state index in [2.05, 4.69) is 50.8 Å². The van der Waals surface area contributed by atoms with Crippen LogP contribution in [0.3, 0.4) is 0 Å². The van der Waals surface area contributed by atoms with Crippen LogP contribution < -0.4 is 9.47 Å². The van der Waals surface area contributed by atoms with Gasteiger partial charge in [-0.15, -0.1) is 0 Å². The van der Waals surface area contributed by atoms with Gasteiger partial charge in [-0.25, -0.2) is 0 Å². The Hall–Kier alpha value is -2.74. The van der Waals surface area contributed by atoms with Crippen molar-refractivity contribution in [3.63, 3.8) is 0 Å². The predicted octanol–water partition coefficient (Wildman–Crippen LogP) is 6.05. The zero-order chi connectivity index (χ0) is 18.4. The molecule has 0 aliphatic carbocycles. The smallest absolute Gasteiger partial charge is 0.118 e. The van der Waals surface area contributed by atoms with Gasteiger partial charge in [0.05, 0.1) is 14.2 Å². The Labute approximate surface area is 151 Å². The molecule has 0 aliphatic rings. The molecule has 25 heavy (non-hydrogen) atoms. The minimum atomic E-state index is 0.847. The molecule has 0 spiro atoms. The molecule has 0 saturated carbocycles. The van der Waals surface area contributed by atoms with Crippen LogP contribution in [0.2, 0.25) is 0 Å². The van der Waals surface area contributed by atoms with Crippen LogP contribution >= 0.6 is 0 Å². The number of hydrogen-bond donors (Lipinski definition) is 0. The number of benzene rings is 2. The summed E-state index contributed by atoms with van der Waals surface area (Å²) in [7, 11) is 3.36. The molecule has 2 heteroatoms. The largest absolute Gasteiger partial charge is 0.497 e. The lowest BCUT2D eigenvalue weighted by Crippen LogP contribution is -1.93. The summed E-state index contributed by atoms with van der Waals surface area (Å²) in [6.45, 7) is 10.4. The third-order valence-corrected chi connectivity index (χ3v) is 4.09. The molecule has 2 aromatic rings. The molecule has 0 unspecified atom stereocenters. The third-order valence-electron chi connectivity index (χ3n) is 4.09. The minimum Gasteiger partial charge on any atom is -0.497 e. The number of rotatable bonds is 6. The summed E-state index contributed by atoms with van der Waals surface area (Å²) in [6.07, 6.45) is 2.21. The summed E-state index contributed by atoms with van der Waals surface area (Å²) in [6, 6.07) is 16.2. The summed E-state index contributed by atoms with van der Waals surface area (Å²) in [5.74, 6) is 1.69. The van der Waals surface area contributed by atoms with E-state index in [1.807, 2.05) is 31.2 Å². The van der Waals surface area contributed by atoms with E-state index in [1.165, 1.54) is 11.1 Å². The molecule has 2 nitrogen and oxygen atoms in total. The Bertz CT molecular complexity index is 737. The van der Waals surface area contributed by atoms with Crippen molar-refractivity contribution in [2.45, 2.75) is 20.8 Å². The Kier molecular flexibility index (Phi) is 6.24. The number of hydrogen-bond acceptors (Lipinski definition) is 2. The van der Waals surface area contributed by atoms with Crippen molar-refractivity contribution in [1.29, 1.82) is 0 Å². The van der Waals surface area contributed by atoms with Gasteiger partial charge in [-0.3, -0.25) is 0 Å². The molecule has 2 aromatic carbocycles. The highest BCUT2D eigenvalue weighted by Crippen LogP contribution is 2.30. The highest BCUT2D eigenvalue weighted by atomic mass is 16.5. The maximum atomic E-state index is 5.28. The summed E-state index contributed by atoms with van der Waals surface area (Å²) >= 11 is 0. The van der Waals surface area contributed by atoms with E-state index in [-0.39, 0.29) is 0 Å². The van der Waals surface area contributed by atoms with Crippen molar-refractivity contribution in [1.82, 2.24) is 0 Å². The van der Waals surface area contributed by atoms with E-state index < -0.39 is 0 Å². The Morgan fingerprint density at radius 1 is 0.760 bits per heavy atom. The highest BCUT2D eigenvalue weighted by molar-refractivity contribution is 5.82. The van der Waals surface area contributed by atoms with E-state index in [9.17, 15) is 0 Å². The average Bonchev–Trinajstić information content (AvgIpc) is 2.62. The molecule has 0 heterocycles. The topological polar surface area (TPSA) is 18.5 Å². The number of methoxy groups -OCH3 is 2. The van der Waals surface area contributed by atoms with Crippen molar-refractivity contribution in [3.05, 3.63) is 89.0 Å². The standard InChI is InChI=1S/C23H26O2/c1-16(2)22(17(3)4)15-23(18-7-11-20(24-5)12-8-18)19-9-13-21(25-6)14-10-19/h7-15H,1H2,2-6H3. The zero-order valence-electron chi connectivity index (χ0n) is 15.7. The second-order valence-electron chi connectivity index (χ2n) is 6.21. The summed E-state index contributed by atoms with van der Waals surface area (Å²) in [5.41, 5.74) is 6.87. The van der Waals surface area contributed by atoms with Crippen LogP contribution in [-0.4, -0.2) is 14.2 Å². The molecule has 0 amide bonds. The molecule has 0 fully saturated rings. The van der Waals surface area contributed by atoms with Gasteiger partial charge in [-0.2, -0.15) is 0 Å². The van der Waals surface area contributed by atoms with Gasteiger partial charge < -0.3 is 9.47 Å². The fourth-order valence-corrected chi connectivity index (χ4v) is 2.71. The summed E-state index contributed by atoms with van der Waals surface area (Å²) < 4.78 is 10.6. The molecule has 0 saturated heterocycles. The first-order valence-electron chi connectivity index (χ1n) is 8.30. The fraction of sp³-hybridized carbons (Fsp3) is 0.217. The van der Waals surface area contributed by atoms with Gasteiger partial charge in [0.2, 0.25) is 0 Å². The summed E-state index contributed by atoms with van der Waals surface area (Å²) in [4.78, 5) is 0. The molecular weight excluding hydrogens is 308 g/mol. The van der Waals surface area contributed by atoms with Crippen LogP contribution in [-0.2, 0) is 0 Å². The fourth-order valence-electron chi connectivity index (χ4n) is 2.71. The molecule has 0 radical (unpaired) electrons. The lowest BCUT2D eigenvalue weighted by molar-refractivity contribution is 0.414. The van der Waals surface area contributed by atoms with Crippen molar-refractivity contribution >= 4 is 5.57 Å². The molecule has 2 rings (SSSR count). The molecule has 130 valence electrons. The second kappa shape index (κ2) is 8.39. The first-order valence-corrected chi connectivity index (χ1v) is 8.30. The normalized spacial score (nSPS) is 9.96. The van der Waals surface area contributed by atoms with E-state index in [0.29, 0.717) is 0 Å². The molecule has 0 N–H and O–H groups in total. The van der Waals surface area contributed by atoms with Crippen molar-refractivity contribution in [3.8, 4) is 11.5 Å². The monoisotopic (exact) mass is 334 g/mol.